The number of nitrogens with zero attached hydrogens (tertiary/aromatic N) is 3. The fourth-order valence-electron chi connectivity index (χ4n) is 2.41. The van der Waals surface area contributed by atoms with Crippen molar-refractivity contribution >= 4 is 29.0 Å². The van der Waals surface area contributed by atoms with Crippen LogP contribution < -0.4 is 10.2 Å². The SMILES string of the molecule is Cc1ccc(NC(=O)c2cnc(N3CCCC3)cn2)cc1Cl. The molecule has 114 valence electrons. The van der Waals surface area contributed by atoms with E-state index in [4.69, 9.17) is 11.6 Å². The second kappa shape index (κ2) is 6.32. The summed E-state index contributed by atoms with van der Waals surface area (Å²) < 4.78 is 0. The molecule has 1 aromatic carbocycles. The summed E-state index contributed by atoms with van der Waals surface area (Å²) in [5.41, 5.74) is 1.90. The summed E-state index contributed by atoms with van der Waals surface area (Å²) in [6.07, 6.45) is 5.53. The molecule has 1 fully saturated rings. The van der Waals surface area contributed by atoms with Gasteiger partial charge in [0.05, 0.1) is 12.4 Å². The molecule has 2 aromatic rings. The maximum absolute atomic E-state index is 12.2. The summed E-state index contributed by atoms with van der Waals surface area (Å²) >= 11 is 6.05. The Labute approximate surface area is 134 Å². The van der Waals surface area contributed by atoms with Gasteiger partial charge in [-0.3, -0.25) is 4.79 Å². The van der Waals surface area contributed by atoms with Crippen molar-refractivity contribution in [3.8, 4) is 0 Å². The standard InChI is InChI=1S/C16H17ClN4O/c1-11-4-5-12(8-13(11)17)20-16(22)14-9-19-15(10-18-14)21-6-2-3-7-21/h4-5,8-10H,2-3,6-7H2,1H3,(H,20,22). The van der Waals surface area contributed by atoms with Gasteiger partial charge in [-0.25, -0.2) is 9.97 Å². The third-order valence-corrected chi connectivity index (χ3v) is 4.14. The Morgan fingerprint density at radius 2 is 2.00 bits per heavy atom. The Bertz CT molecular complexity index is 681. The van der Waals surface area contributed by atoms with E-state index >= 15 is 0 Å². The van der Waals surface area contributed by atoms with Crippen LogP contribution in [0.5, 0.6) is 0 Å². The van der Waals surface area contributed by atoms with Crippen LogP contribution >= 0.6 is 11.6 Å². The molecule has 3 rings (SSSR count). The summed E-state index contributed by atoms with van der Waals surface area (Å²) in [6, 6.07) is 5.39. The second-order valence-electron chi connectivity index (χ2n) is 5.37. The van der Waals surface area contributed by atoms with Gasteiger partial charge in [0, 0.05) is 23.8 Å². The maximum Gasteiger partial charge on any atom is 0.275 e. The molecule has 0 spiro atoms. The number of hydrogen-bond donors (Lipinski definition) is 1. The van der Waals surface area contributed by atoms with Gasteiger partial charge in [0.2, 0.25) is 0 Å². The Morgan fingerprint density at radius 1 is 1.23 bits per heavy atom. The fourth-order valence-corrected chi connectivity index (χ4v) is 2.59. The van der Waals surface area contributed by atoms with Gasteiger partial charge in [-0.15, -0.1) is 0 Å². The number of carbonyl (C=O) groups is 1. The van der Waals surface area contributed by atoms with Crippen LogP contribution in [-0.2, 0) is 0 Å². The molecule has 1 N–H and O–H groups in total. The van der Waals surface area contributed by atoms with Gasteiger partial charge < -0.3 is 10.2 Å². The first kappa shape index (κ1) is 14.8. The van der Waals surface area contributed by atoms with E-state index in [-0.39, 0.29) is 5.91 Å². The van der Waals surface area contributed by atoms with Crippen LogP contribution in [0.3, 0.4) is 0 Å². The molecule has 0 atom stereocenters. The van der Waals surface area contributed by atoms with Crippen molar-refractivity contribution in [1.29, 1.82) is 0 Å². The molecule has 1 aliphatic heterocycles. The molecular weight excluding hydrogens is 300 g/mol. The summed E-state index contributed by atoms with van der Waals surface area (Å²) in [6.45, 7) is 3.92. The Kier molecular flexibility index (Phi) is 4.24. The van der Waals surface area contributed by atoms with Crippen molar-refractivity contribution in [2.24, 2.45) is 0 Å². The number of carbonyl (C=O) groups excluding carboxylic acids is 1. The van der Waals surface area contributed by atoms with Crippen LogP contribution in [0.1, 0.15) is 28.9 Å². The molecule has 1 aliphatic rings. The van der Waals surface area contributed by atoms with Crippen LogP contribution in [-0.4, -0.2) is 29.0 Å². The number of amides is 1. The zero-order chi connectivity index (χ0) is 15.5. The largest absolute Gasteiger partial charge is 0.355 e. The average molecular weight is 317 g/mol. The molecule has 2 heterocycles. The molecule has 1 aromatic heterocycles. The Hall–Kier alpha value is -2.14. The normalized spacial score (nSPS) is 14.2. The van der Waals surface area contributed by atoms with E-state index < -0.39 is 0 Å². The summed E-state index contributed by atoms with van der Waals surface area (Å²) in [7, 11) is 0. The molecule has 1 amide bonds. The lowest BCUT2D eigenvalue weighted by atomic mass is 10.2. The van der Waals surface area contributed by atoms with E-state index in [0.717, 1.165) is 24.5 Å². The van der Waals surface area contributed by atoms with Gasteiger partial charge in [0.15, 0.2) is 0 Å². The van der Waals surface area contributed by atoms with E-state index in [9.17, 15) is 4.79 Å². The van der Waals surface area contributed by atoms with E-state index in [1.807, 2.05) is 19.1 Å². The monoisotopic (exact) mass is 316 g/mol. The Morgan fingerprint density at radius 3 is 2.64 bits per heavy atom. The quantitative estimate of drug-likeness (QED) is 0.944. The van der Waals surface area contributed by atoms with E-state index in [1.54, 1.807) is 12.3 Å². The molecule has 1 saturated heterocycles. The predicted octanol–water partition coefficient (Wildman–Crippen LogP) is 3.29. The number of rotatable bonds is 3. The van der Waals surface area contributed by atoms with Gasteiger partial charge in [-0.1, -0.05) is 17.7 Å². The van der Waals surface area contributed by atoms with Crippen molar-refractivity contribution in [3.05, 3.63) is 46.9 Å². The van der Waals surface area contributed by atoms with E-state index in [0.29, 0.717) is 16.4 Å². The van der Waals surface area contributed by atoms with Crippen LogP contribution in [0.25, 0.3) is 0 Å². The summed E-state index contributed by atoms with van der Waals surface area (Å²) in [5, 5.41) is 3.39. The van der Waals surface area contributed by atoms with Crippen LogP contribution in [0, 0.1) is 6.92 Å². The third-order valence-electron chi connectivity index (χ3n) is 3.73. The number of anilines is 2. The van der Waals surface area contributed by atoms with E-state index in [2.05, 4.69) is 20.2 Å². The minimum absolute atomic E-state index is 0.291. The molecule has 5 nitrogen and oxygen atoms in total. The highest BCUT2D eigenvalue weighted by molar-refractivity contribution is 6.31. The number of aromatic nitrogens is 2. The van der Waals surface area contributed by atoms with Crippen molar-refractivity contribution < 1.29 is 4.79 Å². The van der Waals surface area contributed by atoms with Crippen LogP contribution in [0.4, 0.5) is 11.5 Å². The van der Waals surface area contributed by atoms with Crippen LogP contribution in [0.15, 0.2) is 30.6 Å². The second-order valence-corrected chi connectivity index (χ2v) is 5.78. The topological polar surface area (TPSA) is 58.1 Å². The van der Waals surface area contributed by atoms with Gasteiger partial charge in [-0.2, -0.15) is 0 Å². The van der Waals surface area contributed by atoms with Crippen molar-refractivity contribution in [1.82, 2.24) is 9.97 Å². The lowest BCUT2D eigenvalue weighted by molar-refractivity contribution is 0.102. The van der Waals surface area contributed by atoms with E-state index in [1.165, 1.54) is 19.0 Å². The third kappa shape index (κ3) is 3.20. The first-order valence-electron chi connectivity index (χ1n) is 7.28. The number of aryl methyl sites for hydroxylation is 1. The minimum atomic E-state index is -0.291. The van der Waals surface area contributed by atoms with Gasteiger partial charge in [-0.05, 0) is 37.5 Å². The smallest absolute Gasteiger partial charge is 0.275 e. The van der Waals surface area contributed by atoms with Crippen molar-refractivity contribution in [2.75, 3.05) is 23.3 Å². The Balaban J connectivity index is 1.70. The van der Waals surface area contributed by atoms with Gasteiger partial charge >= 0.3 is 0 Å². The number of benzene rings is 1. The zero-order valence-electron chi connectivity index (χ0n) is 12.3. The maximum atomic E-state index is 12.2. The molecule has 0 saturated carbocycles. The highest BCUT2D eigenvalue weighted by Crippen LogP contribution is 2.20. The highest BCUT2D eigenvalue weighted by atomic mass is 35.5. The zero-order valence-corrected chi connectivity index (χ0v) is 13.1. The first-order valence-corrected chi connectivity index (χ1v) is 7.66. The highest BCUT2D eigenvalue weighted by Gasteiger charge is 2.15. The molecule has 0 bridgehead atoms. The van der Waals surface area contributed by atoms with Crippen molar-refractivity contribution in [3.63, 3.8) is 0 Å². The fraction of sp³-hybridized carbons (Fsp3) is 0.312. The number of nitrogens with one attached hydrogen (secondary N) is 1. The lowest BCUT2D eigenvalue weighted by Crippen LogP contribution is -2.20. The predicted molar refractivity (Wildman–Crippen MR) is 87.6 cm³/mol. The average Bonchev–Trinajstić information content (AvgIpc) is 3.05. The lowest BCUT2D eigenvalue weighted by Gasteiger charge is -2.15. The molecule has 0 radical (unpaired) electrons. The summed E-state index contributed by atoms with van der Waals surface area (Å²) in [5.74, 6) is 0.535. The van der Waals surface area contributed by atoms with Crippen LogP contribution in [0.2, 0.25) is 5.02 Å². The molecule has 6 heteroatoms. The first-order chi connectivity index (χ1) is 10.6. The number of hydrogen-bond acceptors (Lipinski definition) is 4. The van der Waals surface area contributed by atoms with Gasteiger partial charge in [0.1, 0.15) is 11.5 Å². The molecule has 0 aliphatic carbocycles. The molecule has 22 heavy (non-hydrogen) atoms. The number of halogens is 1. The van der Waals surface area contributed by atoms with Gasteiger partial charge in [0.25, 0.3) is 5.91 Å². The molecular formula is C16H17ClN4O. The minimum Gasteiger partial charge on any atom is -0.355 e. The summed E-state index contributed by atoms with van der Waals surface area (Å²) in [4.78, 5) is 22.9. The van der Waals surface area contributed by atoms with Crippen molar-refractivity contribution in [2.45, 2.75) is 19.8 Å². The molecule has 0 unspecified atom stereocenters.